The lowest BCUT2D eigenvalue weighted by Gasteiger charge is -2.35. The van der Waals surface area contributed by atoms with E-state index in [1.807, 2.05) is 4.72 Å². The van der Waals surface area contributed by atoms with Gasteiger partial charge in [-0.15, -0.1) is 0 Å². The van der Waals surface area contributed by atoms with Gasteiger partial charge in [0.25, 0.3) is 0 Å². The molecule has 0 aromatic carbocycles. The summed E-state index contributed by atoms with van der Waals surface area (Å²) in [4.78, 5) is 45.2. The third-order valence-corrected chi connectivity index (χ3v) is 11.8. The first-order valence-electron chi connectivity index (χ1n) is 21.9. The van der Waals surface area contributed by atoms with Crippen LogP contribution in [-0.4, -0.2) is 123 Å². The predicted molar refractivity (Wildman–Crippen MR) is 223 cm³/mol. The number of nitrogens with one attached hydrogen (secondary N) is 1. The number of carbonyl (C=O) groups excluding carboxylic acids is 3. The Balaban J connectivity index is 1.61. The molecule has 19 nitrogen and oxygen atoms in total. The van der Waals surface area contributed by atoms with Gasteiger partial charge in [-0.2, -0.15) is 13.1 Å². The second-order valence-corrected chi connectivity index (χ2v) is 18.3. The number of aliphatic hydroxyl groups excluding tert-OH is 1. The fourth-order valence-electron chi connectivity index (χ4n) is 7.26. The van der Waals surface area contributed by atoms with E-state index in [1.165, 1.54) is 52.0 Å². The molecule has 6 N–H and O–H groups in total. The number of allylic oxidation sites excluding steroid dienone is 1. The molecule has 21 heteroatoms. The molecule has 61 heavy (non-hydrogen) atoms. The van der Waals surface area contributed by atoms with E-state index in [0.29, 0.717) is 25.9 Å². The fraction of sp³-hybridized carbons (Fsp3) is 0.875. The number of phosphoric ester groups is 1. The number of aliphatic hydroxyl groups is 1. The van der Waals surface area contributed by atoms with E-state index in [9.17, 15) is 32.3 Å². The number of unbranched alkanes of at least 4 members (excludes halogenated alkanes) is 14. The first kappa shape index (κ1) is 55.1. The van der Waals surface area contributed by atoms with Gasteiger partial charge in [-0.1, -0.05) is 83.1 Å². The van der Waals surface area contributed by atoms with Crippen molar-refractivity contribution in [3.05, 3.63) is 12.2 Å². The maximum Gasteiger partial charge on any atom is 0.472 e. The third kappa shape index (κ3) is 26.3. The van der Waals surface area contributed by atoms with Crippen molar-refractivity contribution in [1.29, 1.82) is 0 Å². The smallest absolute Gasteiger partial charge is 0.462 e. The Morgan fingerprint density at radius 1 is 0.869 bits per heavy atom. The Hall–Kier alpha value is -2.07. The molecule has 7 atom stereocenters. The van der Waals surface area contributed by atoms with Crippen LogP contribution in [0.1, 0.15) is 142 Å². The van der Waals surface area contributed by atoms with Crippen molar-refractivity contribution in [3.8, 4) is 0 Å². The van der Waals surface area contributed by atoms with E-state index < -0.39 is 61.2 Å². The van der Waals surface area contributed by atoms with Crippen LogP contribution in [0, 0.1) is 0 Å². The Kier molecular flexibility index (Phi) is 27.9. The SMILES string of the molecule is CC(=O)OC[C@H](COP(=O)(O)OCCN)OC(=O)C=CCCCCC[C@H]1O[C@]2(CCCCCCCCCCCCCCOC[C@H](CO)NS(=O)(=O)O)CC[C@@H](OC(C)=O)[C@H]1O2. The molecule has 356 valence electrons. The van der Waals surface area contributed by atoms with Crippen molar-refractivity contribution in [2.24, 2.45) is 5.73 Å². The summed E-state index contributed by atoms with van der Waals surface area (Å²) in [5.41, 5.74) is 5.27. The third-order valence-electron chi connectivity index (χ3n) is 10.2. The van der Waals surface area contributed by atoms with Crippen LogP contribution in [0.4, 0.5) is 0 Å². The molecule has 2 saturated heterocycles. The van der Waals surface area contributed by atoms with Crippen LogP contribution in [0.3, 0.4) is 0 Å². The highest BCUT2D eigenvalue weighted by Crippen LogP contribution is 2.46. The minimum absolute atomic E-state index is 0.00372. The van der Waals surface area contributed by atoms with Crippen molar-refractivity contribution in [2.75, 3.05) is 46.2 Å². The standard InChI is InChI=1S/C40H73N2O17PS/c1-32(44)53-30-35(31-55-60(47,48)54-27-25-41)57-38(46)21-17-13-11-12-16-20-37-39-36(56-33(2)45)22-24-40(58-37,59-39)23-18-14-9-7-5-3-4-6-8-10-15-19-26-52-29-34(28-43)42-61(49,50)51/h17,21,34-37,39,42-43H,3-16,18-20,22-31,41H2,1-2H3,(H,47,48)(H,49,50,51)/t34-,35+,36+,37+,39+,40-/m0/s1. The number of carbonyl (C=O) groups is 3. The molecule has 2 rings (SSSR count). The average molecular weight is 917 g/mol. The van der Waals surface area contributed by atoms with E-state index in [2.05, 4.69) is 4.52 Å². The molecule has 0 aliphatic carbocycles. The Bertz CT molecular complexity index is 1440. The number of rotatable bonds is 37. The molecule has 0 aromatic rings. The van der Waals surface area contributed by atoms with Crippen LogP contribution < -0.4 is 10.5 Å². The molecule has 2 bridgehead atoms. The molecular weight excluding hydrogens is 843 g/mol. The summed E-state index contributed by atoms with van der Waals surface area (Å²) in [7, 11) is -8.80. The fourth-order valence-corrected chi connectivity index (χ4v) is 8.59. The normalized spacial score (nSPS) is 22.2. The van der Waals surface area contributed by atoms with E-state index in [1.54, 1.807) is 6.08 Å². The van der Waals surface area contributed by atoms with Gasteiger partial charge in [0, 0.05) is 45.9 Å². The highest BCUT2D eigenvalue weighted by atomic mass is 32.2. The lowest BCUT2D eigenvalue weighted by molar-refractivity contribution is -0.220. The molecule has 2 aliphatic heterocycles. The first-order valence-corrected chi connectivity index (χ1v) is 24.8. The van der Waals surface area contributed by atoms with E-state index in [-0.39, 0.29) is 50.6 Å². The quantitative estimate of drug-likeness (QED) is 0.0135. The molecule has 1 unspecified atom stereocenters. The highest BCUT2D eigenvalue weighted by molar-refractivity contribution is 7.83. The summed E-state index contributed by atoms with van der Waals surface area (Å²) in [5, 5.41) is 9.15. The van der Waals surface area contributed by atoms with Crippen molar-refractivity contribution in [2.45, 2.75) is 179 Å². The predicted octanol–water partition coefficient (Wildman–Crippen LogP) is 5.11. The van der Waals surface area contributed by atoms with Gasteiger partial charge in [0.15, 0.2) is 11.9 Å². The van der Waals surface area contributed by atoms with Gasteiger partial charge in [0.2, 0.25) is 0 Å². The lowest BCUT2D eigenvalue weighted by Crippen LogP contribution is -2.43. The number of fused-ring (bicyclic) bond motifs is 2. The number of phosphoric acid groups is 1. The van der Waals surface area contributed by atoms with Crippen LogP contribution in [0.2, 0.25) is 0 Å². The highest BCUT2D eigenvalue weighted by Gasteiger charge is 2.54. The zero-order valence-corrected chi connectivity index (χ0v) is 37.8. The minimum atomic E-state index is -4.43. The van der Waals surface area contributed by atoms with E-state index in [4.69, 9.17) is 48.3 Å². The number of hydrogen-bond donors (Lipinski definition) is 5. The number of nitrogens with two attached hydrogens (primary N) is 1. The molecule has 0 amide bonds. The van der Waals surface area contributed by atoms with Gasteiger partial charge in [-0.25, -0.2) is 9.36 Å². The van der Waals surface area contributed by atoms with Crippen molar-refractivity contribution in [3.63, 3.8) is 0 Å². The molecular formula is C40H73N2O17PS. The van der Waals surface area contributed by atoms with Gasteiger partial charge >= 0.3 is 36.0 Å². The van der Waals surface area contributed by atoms with E-state index in [0.717, 1.165) is 77.0 Å². The first-order chi connectivity index (χ1) is 29.1. The van der Waals surface area contributed by atoms with Crippen LogP contribution in [0.25, 0.3) is 0 Å². The minimum Gasteiger partial charge on any atom is -0.462 e. The maximum absolute atomic E-state index is 12.4. The summed E-state index contributed by atoms with van der Waals surface area (Å²) in [6, 6.07) is -0.857. The Morgan fingerprint density at radius 2 is 1.51 bits per heavy atom. The van der Waals surface area contributed by atoms with Crippen LogP contribution in [0.15, 0.2) is 12.2 Å². The molecule has 0 spiro atoms. The molecule has 0 radical (unpaired) electrons. The molecule has 2 heterocycles. The number of hydrogen-bond acceptors (Lipinski definition) is 16. The zero-order chi connectivity index (χ0) is 45.0. The Labute approximate surface area is 361 Å². The molecule has 0 aromatic heterocycles. The maximum atomic E-state index is 12.4. The topological polar surface area (TPSA) is 275 Å². The van der Waals surface area contributed by atoms with Crippen LogP contribution >= 0.6 is 7.82 Å². The van der Waals surface area contributed by atoms with Crippen molar-refractivity contribution < 1.29 is 79.4 Å². The van der Waals surface area contributed by atoms with Gasteiger partial charge in [0.05, 0.1) is 38.6 Å². The largest absolute Gasteiger partial charge is 0.472 e. The van der Waals surface area contributed by atoms with Gasteiger partial charge in [-0.05, 0) is 38.5 Å². The van der Waals surface area contributed by atoms with Gasteiger partial charge in [-0.3, -0.25) is 23.2 Å². The zero-order valence-electron chi connectivity index (χ0n) is 36.1. The Morgan fingerprint density at radius 3 is 2.11 bits per heavy atom. The van der Waals surface area contributed by atoms with Crippen LogP contribution in [0.5, 0.6) is 0 Å². The summed E-state index contributed by atoms with van der Waals surface area (Å²) in [6.07, 6.45) is 20.4. The summed E-state index contributed by atoms with van der Waals surface area (Å²) in [5.74, 6) is -2.32. The molecule has 2 fully saturated rings. The number of esters is 3. The van der Waals surface area contributed by atoms with E-state index >= 15 is 0 Å². The van der Waals surface area contributed by atoms with Gasteiger partial charge in [0.1, 0.15) is 18.8 Å². The summed E-state index contributed by atoms with van der Waals surface area (Å²) < 4.78 is 88.1. The lowest BCUT2D eigenvalue weighted by atomic mass is 9.94. The van der Waals surface area contributed by atoms with Crippen molar-refractivity contribution in [1.82, 2.24) is 4.72 Å². The monoisotopic (exact) mass is 916 g/mol. The number of ether oxygens (including phenoxy) is 6. The van der Waals surface area contributed by atoms with Crippen molar-refractivity contribution >= 4 is 36.0 Å². The molecule has 0 saturated carbocycles. The summed E-state index contributed by atoms with van der Waals surface area (Å²) >= 11 is 0. The second kappa shape index (κ2) is 30.9. The second-order valence-electron chi connectivity index (χ2n) is 15.7. The van der Waals surface area contributed by atoms with Gasteiger partial charge < -0.3 is 44.2 Å². The summed E-state index contributed by atoms with van der Waals surface area (Å²) in [6.45, 7) is 1.51. The molecule has 2 aliphatic rings. The average Bonchev–Trinajstić information content (AvgIpc) is 3.49. The van der Waals surface area contributed by atoms with Crippen LogP contribution in [-0.2, 0) is 66.7 Å².